The number of carbonyl (C=O) groups is 3. The van der Waals surface area contributed by atoms with Gasteiger partial charge in [0.15, 0.2) is 34.6 Å². The van der Waals surface area contributed by atoms with Crippen molar-refractivity contribution in [2.75, 3.05) is 19.8 Å². The highest BCUT2D eigenvalue weighted by Crippen LogP contribution is 2.31. The smallest absolute Gasteiger partial charge is 0.325 e. The number of para-hydroxylation sites is 2. The van der Waals surface area contributed by atoms with E-state index in [1.165, 1.54) is 6.07 Å². The summed E-state index contributed by atoms with van der Waals surface area (Å²) in [6, 6.07) is 12.3. The third-order valence-corrected chi connectivity index (χ3v) is 5.81. The van der Waals surface area contributed by atoms with Gasteiger partial charge >= 0.3 is 5.97 Å². The summed E-state index contributed by atoms with van der Waals surface area (Å²) in [4.78, 5) is 36.6. The van der Waals surface area contributed by atoms with Crippen LogP contribution in [-0.2, 0) is 16.1 Å². The fourth-order valence-corrected chi connectivity index (χ4v) is 3.98. The zero-order valence-corrected chi connectivity index (χ0v) is 20.2. The van der Waals surface area contributed by atoms with Gasteiger partial charge in [-0.15, -0.1) is 0 Å². The minimum Gasteiger partial charge on any atom is -0.486 e. The van der Waals surface area contributed by atoms with Gasteiger partial charge < -0.3 is 28.5 Å². The molecule has 10 heteroatoms. The Morgan fingerprint density at radius 2 is 1.91 bits per heavy atom. The van der Waals surface area contributed by atoms with Crippen LogP contribution in [0.4, 0.5) is 0 Å². The first-order valence-electron chi connectivity index (χ1n) is 10.6. The fourth-order valence-electron chi connectivity index (χ4n) is 3.67. The second-order valence-electron chi connectivity index (χ2n) is 7.76. The topological polar surface area (TPSA) is 109 Å². The average Bonchev–Trinajstić information content (AvgIpc) is 3.39. The van der Waals surface area contributed by atoms with E-state index in [1.807, 2.05) is 42.7 Å². The Kier molecular flexibility index (Phi) is 7.06. The molecule has 4 rings (SSSR count). The highest BCUT2D eigenvalue weighted by molar-refractivity contribution is 9.10. The third kappa shape index (κ3) is 5.33. The number of furan rings is 1. The summed E-state index contributed by atoms with van der Waals surface area (Å²) < 4.78 is 24.3. The molecule has 0 saturated heterocycles. The first-order chi connectivity index (χ1) is 16.3. The van der Waals surface area contributed by atoms with Crippen molar-refractivity contribution in [3.63, 3.8) is 0 Å². The monoisotopic (exact) mass is 530 g/mol. The molecule has 0 saturated carbocycles. The number of aromatic nitrogens is 1. The number of hydrogen-bond acceptors (Lipinski definition) is 7. The van der Waals surface area contributed by atoms with Crippen molar-refractivity contribution >= 4 is 33.6 Å². The highest BCUT2D eigenvalue weighted by Gasteiger charge is 2.24. The lowest BCUT2D eigenvalue weighted by Crippen LogP contribution is -2.33. The third-order valence-electron chi connectivity index (χ3n) is 5.38. The van der Waals surface area contributed by atoms with Gasteiger partial charge in [0.25, 0.3) is 5.91 Å². The Hall–Kier alpha value is -3.53. The normalized spacial score (nSPS) is 14.5. The van der Waals surface area contributed by atoms with E-state index in [2.05, 4.69) is 21.2 Å². The molecule has 34 heavy (non-hydrogen) atoms. The van der Waals surface area contributed by atoms with Gasteiger partial charge in [0.2, 0.25) is 5.78 Å². The number of aryl methyl sites for hydroxylation is 1. The van der Waals surface area contributed by atoms with Crippen molar-refractivity contribution in [1.82, 2.24) is 9.88 Å². The molecule has 0 bridgehead atoms. The van der Waals surface area contributed by atoms with Crippen LogP contribution in [0.15, 0.2) is 51.6 Å². The van der Waals surface area contributed by atoms with Crippen LogP contribution in [0.2, 0.25) is 0 Å². The molecule has 9 nitrogen and oxygen atoms in total. The maximum absolute atomic E-state index is 12.7. The van der Waals surface area contributed by atoms with E-state index in [0.29, 0.717) is 34.9 Å². The molecular weight excluding hydrogens is 508 g/mol. The fraction of sp³-hybridized carbons (Fsp3) is 0.292. The number of benzene rings is 1. The average molecular weight is 531 g/mol. The lowest BCUT2D eigenvalue weighted by molar-refractivity contribution is -0.141. The highest BCUT2D eigenvalue weighted by atomic mass is 79.9. The van der Waals surface area contributed by atoms with Crippen molar-refractivity contribution in [2.45, 2.75) is 26.5 Å². The molecule has 178 valence electrons. The number of amides is 1. The van der Waals surface area contributed by atoms with Gasteiger partial charge in [-0.2, -0.15) is 0 Å². The molecular formula is C24H23BrN2O7. The molecule has 0 aliphatic carbocycles. The number of esters is 1. The number of hydrogen-bond donors (Lipinski definition) is 1. The van der Waals surface area contributed by atoms with Gasteiger partial charge in [0, 0.05) is 17.0 Å². The van der Waals surface area contributed by atoms with Crippen molar-refractivity contribution in [3.05, 3.63) is 69.8 Å². The second kappa shape index (κ2) is 10.2. The molecule has 3 aromatic rings. The van der Waals surface area contributed by atoms with Crippen LogP contribution in [0.5, 0.6) is 11.5 Å². The molecule has 1 aromatic carbocycles. The maximum atomic E-state index is 12.7. The Balaban J connectivity index is 1.30. The Morgan fingerprint density at radius 1 is 1.15 bits per heavy atom. The van der Waals surface area contributed by atoms with E-state index < -0.39 is 18.5 Å². The summed E-state index contributed by atoms with van der Waals surface area (Å²) in [5.41, 5.74) is 2.09. The molecule has 1 aliphatic heterocycles. The summed E-state index contributed by atoms with van der Waals surface area (Å²) in [6.07, 6.45) is -0.209. The van der Waals surface area contributed by atoms with E-state index >= 15 is 0 Å². The summed E-state index contributed by atoms with van der Waals surface area (Å²) in [5.74, 6) is -0.164. The molecule has 2 aromatic heterocycles. The number of Topliss-reactive ketones (excluding diaryl/α,β-unsaturated/α-hetero) is 1. The summed E-state index contributed by atoms with van der Waals surface area (Å²) in [6.45, 7) is 3.83. The van der Waals surface area contributed by atoms with Crippen LogP contribution in [0.1, 0.15) is 32.3 Å². The van der Waals surface area contributed by atoms with Crippen LogP contribution < -0.4 is 14.8 Å². The van der Waals surface area contributed by atoms with Crippen molar-refractivity contribution in [2.24, 2.45) is 0 Å². The first kappa shape index (κ1) is 23.6. The SMILES string of the molecule is Cc1cc(C(=O)COC(=O)CNC(=O)c2ccc(Br)o2)c(C)n1C[C@H]1COc2ccccc2O1. The van der Waals surface area contributed by atoms with E-state index in [4.69, 9.17) is 18.6 Å². The largest absolute Gasteiger partial charge is 0.486 e. The van der Waals surface area contributed by atoms with Crippen LogP contribution in [0.25, 0.3) is 0 Å². The zero-order valence-electron chi connectivity index (χ0n) is 18.6. The molecule has 0 unspecified atom stereocenters. The molecule has 3 heterocycles. The summed E-state index contributed by atoms with van der Waals surface area (Å²) in [7, 11) is 0. The standard InChI is InChI=1S/C24H23BrN2O7/c1-14-9-17(15(2)27(14)11-16-12-31-19-5-3-4-6-20(19)33-16)18(28)13-32-23(29)10-26-24(30)21-7-8-22(25)34-21/h3-9,16H,10-13H2,1-2H3,(H,26,30)/t16-/m0/s1. The lowest BCUT2D eigenvalue weighted by Gasteiger charge is -2.27. The predicted molar refractivity (Wildman–Crippen MR) is 124 cm³/mol. The number of carbonyl (C=O) groups excluding carboxylic acids is 3. The van der Waals surface area contributed by atoms with Crippen molar-refractivity contribution in [1.29, 1.82) is 0 Å². The summed E-state index contributed by atoms with van der Waals surface area (Å²) in [5, 5.41) is 2.38. The van der Waals surface area contributed by atoms with Crippen molar-refractivity contribution < 1.29 is 33.0 Å². The van der Waals surface area contributed by atoms with Gasteiger partial charge in [0.1, 0.15) is 13.2 Å². The Labute approximate surface area is 204 Å². The van der Waals surface area contributed by atoms with Gasteiger partial charge in [0.05, 0.1) is 6.54 Å². The molecule has 0 fully saturated rings. The molecule has 1 atom stereocenters. The first-order valence-corrected chi connectivity index (χ1v) is 11.4. The minimum atomic E-state index is -0.729. The van der Waals surface area contributed by atoms with Crippen LogP contribution >= 0.6 is 15.9 Å². The number of ether oxygens (including phenoxy) is 3. The number of nitrogens with zero attached hydrogens (tertiary/aromatic N) is 1. The van der Waals surface area contributed by atoms with Crippen LogP contribution in [0, 0.1) is 13.8 Å². The van der Waals surface area contributed by atoms with Gasteiger partial charge in [-0.3, -0.25) is 14.4 Å². The van der Waals surface area contributed by atoms with E-state index in [-0.39, 0.29) is 24.2 Å². The zero-order chi connectivity index (χ0) is 24.2. The molecule has 1 aliphatic rings. The number of ketones is 1. The number of halogens is 1. The molecule has 1 amide bonds. The number of fused-ring (bicyclic) bond motifs is 1. The maximum Gasteiger partial charge on any atom is 0.325 e. The van der Waals surface area contributed by atoms with E-state index in [0.717, 1.165) is 11.4 Å². The van der Waals surface area contributed by atoms with E-state index in [1.54, 1.807) is 12.1 Å². The van der Waals surface area contributed by atoms with E-state index in [9.17, 15) is 14.4 Å². The van der Waals surface area contributed by atoms with Gasteiger partial charge in [-0.1, -0.05) is 12.1 Å². The molecule has 0 spiro atoms. The second-order valence-corrected chi connectivity index (χ2v) is 8.54. The quantitative estimate of drug-likeness (QED) is 0.350. The number of nitrogens with one attached hydrogen (secondary N) is 1. The van der Waals surface area contributed by atoms with Crippen LogP contribution in [0.3, 0.4) is 0 Å². The minimum absolute atomic E-state index is 0.0547. The van der Waals surface area contributed by atoms with Crippen LogP contribution in [-0.4, -0.2) is 48.1 Å². The van der Waals surface area contributed by atoms with Gasteiger partial charge in [-0.05, 0) is 60.1 Å². The predicted octanol–water partition coefficient (Wildman–Crippen LogP) is 3.46. The summed E-state index contributed by atoms with van der Waals surface area (Å²) >= 11 is 3.10. The lowest BCUT2D eigenvalue weighted by atomic mass is 10.1. The Morgan fingerprint density at radius 3 is 2.65 bits per heavy atom. The van der Waals surface area contributed by atoms with Gasteiger partial charge in [-0.25, -0.2) is 0 Å². The molecule has 0 radical (unpaired) electrons. The molecule has 1 N–H and O–H groups in total. The Bertz CT molecular complexity index is 1230. The number of rotatable bonds is 8. The van der Waals surface area contributed by atoms with Crippen molar-refractivity contribution in [3.8, 4) is 11.5 Å².